The van der Waals surface area contributed by atoms with Crippen LogP contribution in [0.15, 0.2) is 33.8 Å². The molecule has 0 amide bonds. The maximum Gasteiger partial charge on any atom is 0.276 e. The first-order valence-electron chi connectivity index (χ1n) is 5.09. The molecule has 94 valence electrons. The predicted octanol–water partition coefficient (Wildman–Crippen LogP) is 1.87. The van der Waals surface area contributed by atoms with Gasteiger partial charge in [-0.2, -0.15) is 0 Å². The molecule has 1 aromatic carbocycles. The van der Waals surface area contributed by atoms with Gasteiger partial charge in [-0.25, -0.2) is 9.37 Å². The van der Waals surface area contributed by atoms with E-state index < -0.39 is 5.56 Å². The summed E-state index contributed by atoms with van der Waals surface area (Å²) in [6.07, 6.45) is 1.23. The Kier molecular flexibility index (Phi) is 3.61. The molecule has 0 saturated heterocycles. The summed E-state index contributed by atoms with van der Waals surface area (Å²) < 4.78 is 14.2. The first-order valence-corrected chi connectivity index (χ1v) is 5.88. The van der Waals surface area contributed by atoms with Gasteiger partial charge in [0.15, 0.2) is 5.82 Å². The van der Waals surface area contributed by atoms with E-state index in [9.17, 15) is 9.18 Å². The third-order valence-corrected chi connectivity index (χ3v) is 2.84. The van der Waals surface area contributed by atoms with Crippen molar-refractivity contribution in [1.29, 1.82) is 0 Å². The Morgan fingerprint density at radius 3 is 3.06 bits per heavy atom. The normalized spacial score (nSPS) is 10.3. The number of halogens is 2. The largest absolute Gasteiger partial charge is 0.391 e. The first kappa shape index (κ1) is 12.6. The second-order valence-electron chi connectivity index (χ2n) is 3.58. The lowest BCUT2D eigenvalue weighted by Crippen LogP contribution is -2.16. The average molecular weight is 313 g/mol. The number of nitrogen functional groups attached to an aromatic ring is 1. The third-order valence-electron chi connectivity index (χ3n) is 2.34. The number of benzene rings is 1. The van der Waals surface area contributed by atoms with E-state index in [1.54, 1.807) is 12.1 Å². The van der Waals surface area contributed by atoms with Crippen LogP contribution in [0.2, 0.25) is 0 Å². The van der Waals surface area contributed by atoms with Gasteiger partial charge in [-0.1, -0.05) is 15.9 Å². The predicted molar refractivity (Wildman–Crippen MR) is 70.7 cm³/mol. The third kappa shape index (κ3) is 2.67. The molecule has 1 heterocycles. The maximum absolute atomic E-state index is 13.5. The minimum atomic E-state index is -0.429. The fourth-order valence-corrected chi connectivity index (χ4v) is 1.82. The summed E-state index contributed by atoms with van der Waals surface area (Å²) in [6, 6.07) is 4.61. The molecule has 0 fully saturated rings. The summed E-state index contributed by atoms with van der Waals surface area (Å²) in [7, 11) is 0. The molecule has 5 nitrogen and oxygen atoms in total. The SMILES string of the molecule is Nc1c(NCc2cc(Br)ccc2F)nc[nH]c1=O. The number of rotatable bonds is 3. The van der Waals surface area contributed by atoms with E-state index in [0.717, 1.165) is 4.47 Å². The van der Waals surface area contributed by atoms with Gasteiger partial charge in [-0.3, -0.25) is 4.79 Å². The van der Waals surface area contributed by atoms with E-state index in [0.29, 0.717) is 5.56 Å². The molecule has 0 atom stereocenters. The van der Waals surface area contributed by atoms with Crippen LogP contribution in [0.3, 0.4) is 0 Å². The highest BCUT2D eigenvalue weighted by Crippen LogP contribution is 2.17. The summed E-state index contributed by atoms with van der Waals surface area (Å²) in [4.78, 5) is 17.5. The van der Waals surface area contributed by atoms with Crippen LogP contribution in [0.25, 0.3) is 0 Å². The van der Waals surface area contributed by atoms with E-state index in [4.69, 9.17) is 5.73 Å². The Morgan fingerprint density at radius 1 is 1.50 bits per heavy atom. The molecule has 0 spiro atoms. The standard InChI is InChI=1S/C11H10BrFN4O/c12-7-1-2-8(13)6(3-7)4-15-10-9(14)11(18)17-5-16-10/h1-3,5H,4,14H2,(H2,15,16,17,18). The van der Waals surface area contributed by atoms with Crippen LogP contribution in [0.5, 0.6) is 0 Å². The molecule has 18 heavy (non-hydrogen) atoms. The summed E-state index contributed by atoms with van der Waals surface area (Å²) in [5.41, 5.74) is 5.54. The van der Waals surface area contributed by atoms with Gasteiger partial charge in [0.1, 0.15) is 11.5 Å². The average Bonchev–Trinajstić information content (AvgIpc) is 2.35. The number of hydrogen-bond donors (Lipinski definition) is 3. The molecule has 0 saturated carbocycles. The van der Waals surface area contributed by atoms with Crippen molar-refractivity contribution in [3.05, 3.63) is 50.7 Å². The van der Waals surface area contributed by atoms with Gasteiger partial charge in [-0.15, -0.1) is 0 Å². The molecular formula is C11H10BrFN4O. The fraction of sp³-hybridized carbons (Fsp3) is 0.0909. The molecule has 2 rings (SSSR count). The van der Waals surface area contributed by atoms with E-state index >= 15 is 0 Å². The van der Waals surface area contributed by atoms with Crippen molar-refractivity contribution >= 4 is 27.4 Å². The van der Waals surface area contributed by atoms with Gasteiger partial charge >= 0.3 is 0 Å². The highest BCUT2D eigenvalue weighted by atomic mass is 79.9. The monoisotopic (exact) mass is 312 g/mol. The summed E-state index contributed by atoms with van der Waals surface area (Å²) >= 11 is 3.26. The molecule has 7 heteroatoms. The number of hydrogen-bond acceptors (Lipinski definition) is 4. The Bertz CT molecular complexity index is 629. The van der Waals surface area contributed by atoms with Gasteiger partial charge in [-0.05, 0) is 18.2 Å². The van der Waals surface area contributed by atoms with Crippen LogP contribution in [0, 0.1) is 5.82 Å². The number of nitrogens with two attached hydrogens (primary N) is 1. The Balaban J connectivity index is 2.19. The maximum atomic E-state index is 13.5. The zero-order chi connectivity index (χ0) is 13.1. The van der Waals surface area contributed by atoms with Crippen LogP contribution in [0.1, 0.15) is 5.56 Å². The molecule has 4 N–H and O–H groups in total. The molecule has 0 aliphatic rings. The summed E-state index contributed by atoms with van der Waals surface area (Å²) in [5.74, 6) is -0.104. The summed E-state index contributed by atoms with van der Waals surface area (Å²) in [6.45, 7) is 0.186. The van der Waals surface area contributed by atoms with Gasteiger partial charge in [0, 0.05) is 16.6 Å². The molecule has 2 aromatic rings. The van der Waals surface area contributed by atoms with Crippen molar-refractivity contribution < 1.29 is 4.39 Å². The van der Waals surface area contributed by atoms with E-state index in [-0.39, 0.29) is 23.9 Å². The number of anilines is 2. The lowest BCUT2D eigenvalue weighted by Gasteiger charge is -2.08. The smallest absolute Gasteiger partial charge is 0.276 e. The second-order valence-corrected chi connectivity index (χ2v) is 4.50. The molecule has 0 aliphatic carbocycles. The fourth-order valence-electron chi connectivity index (χ4n) is 1.41. The number of nitrogens with zero attached hydrogens (tertiary/aromatic N) is 1. The van der Waals surface area contributed by atoms with Crippen LogP contribution in [-0.4, -0.2) is 9.97 Å². The van der Waals surface area contributed by atoms with Crippen LogP contribution in [-0.2, 0) is 6.54 Å². The molecule has 0 unspecified atom stereocenters. The minimum Gasteiger partial charge on any atom is -0.391 e. The first-order chi connectivity index (χ1) is 8.58. The number of H-pyrrole nitrogens is 1. The zero-order valence-electron chi connectivity index (χ0n) is 9.21. The van der Waals surface area contributed by atoms with Crippen molar-refractivity contribution in [2.75, 3.05) is 11.1 Å². The number of nitrogens with one attached hydrogen (secondary N) is 2. The topological polar surface area (TPSA) is 83.8 Å². The lowest BCUT2D eigenvalue weighted by atomic mass is 10.2. The van der Waals surface area contributed by atoms with Gasteiger partial charge in [0.25, 0.3) is 5.56 Å². The zero-order valence-corrected chi connectivity index (χ0v) is 10.8. The van der Waals surface area contributed by atoms with Gasteiger partial charge in [0.2, 0.25) is 0 Å². The lowest BCUT2D eigenvalue weighted by molar-refractivity contribution is 0.612. The van der Waals surface area contributed by atoms with Crippen molar-refractivity contribution in [3.8, 4) is 0 Å². The van der Waals surface area contributed by atoms with Crippen molar-refractivity contribution in [1.82, 2.24) is 9.97 Å². The van der Waals surface area contributed by atoms with Gasteiger partial charge in [0.05, 0.1) is 6.33 Å². The highest BCUT2D eigenvalue weighted by Gasteiger charge is 2.06. The van der Waals surface area contributed by atoms with Crippen molar-refractivity contribution in [2.45, 2.75) is 6.54 Å². The quantitative estimate of drug-likeness (QED) is 0.808. The van der Waals surface area contributed by atoms with Gasteiger partial charge < -0.3 is 16.0 Å². The number of aromatic amines is 1. The Labute approximate surface area is 110 Å². The Hall–Kier alpha value is -1.89. The Morgan fingerprint density at radius 2 is 2.28 bits per heavy atom. The molecule has 0 radical (unpaired) electrons. The summed E-state index contributed by atoms with van der Waals surface area (Å²) in [5, 5.41) is 2.82. The minimum absolute atomic E-state index is 0.0205. The molecular weight excluding hydrogens is 303 g/mol. The molecule has 1 aromatic heterocycles. The van der Waals surface area contributed by atoms with E-state index in [1.165, 1.54) is 12.4 Å². The molecule has 0 aliphatic heterocycles. The highest BCUT2D eigenvalue weighted by molar-refractivity contribution is 9.10. The second kappa shape index (κ2) is 5.18. The van der Waals surface area contributed by atoms with Crippen LogP contribution < -0.4 is 16.6 Å². The number of aromatic nitrogens is 2. The van der Waals surface area contributed by atoms with Crippen molar-refractivity contribution in [2.24, 2.45) is 0 Å². The van der Waals surface area contributed by atoms with Crippen molar-refractivity contribution in [3.63, 3.8) is 0 Å². The molecule has 0 bridgehead atoms. The van der Waals surface area contributed by atoms with E-state index in [1.807, 2.05) is 0 Å². The van der Waals surface area contributed by atoms with E-state index in [2.05, 4.69) is 31.2 Å². The van der Waals surface area contributed by atoms with Crippen LogP contribution in [0.4, 0.5) is 15.9 Å². The van der Waals surface area contributed by atoms with Crippen LogP contribution >= 0.6 is 15.9 Å².